The van der Waals surface area contributed by atoms with Crippen molar-refractivity contribution >= 4 is 93.4 Å². The highest BCUT2D eigenvalue weighted by Crippen LogP contribution is 2.32. The number of amides is 2. The number of carbonyl (C=O) groups is 4. The van der Waals surface area contributed by atoms with E-state index in [9.17, 15) is 79.9 Å². The lowest BCUT2D eigenvalue weighted by Crippen LogP contribution is -2.57. The molecule has 524 valence electrons. The second-order valence-electron chi connectivity index (χ2n) is 22.1. The Kier molecular flexibility index (Phi) is 33.7. The van der Waals surface area contributed by atoms with Crippen molar-refractivity contribution in [2.24, 2.45) is 5.90 Å². The molecular weight excluding hydrogens is 1360 g/mol. The molecular formula is C59H78Cl2N8O23S3. The Bertz CT molecular complexity index is 3700. The minimum Gasteiger partial charge on any atom is -0.464 e. The van der Waals surface area contributed by atoms with Gasteiger partial charge in [-0.05, 0) is 110 Å². The molecule has 5 aromatic carbocycles. The van der Waals surface area contributed by atoms with Gasteiger partial charge in [-0.25, -0.2) is 50.3 Å². The number of sulfonamides is 2. The SMILES string of the molecule is CCOC(=O)[C@@H]1CC[C@@H](N(C)S(=O)(=O)c2ccccc2[N+](=O)[O-])CN1C(=O)OC(C)(C)C.CCOC(=O)[C@@H]1CC[C@H](O)CN1C(=O)OC(C)(C)C.Cl.NOCc1ccccc1.O=[N+]([O-])c1ccccc1S(=O)(=O)Cl.O=[N+]([O-])c1ccccc1S(=O)(=O)NOCc1ccccc1. The van der Waals surface area contributed by atoms with Crippen molar-refractivity contribution in [3.63, 3.8) is 0 Å². The van der Waals surface area contributed by atoms with Crippen molar-refractivity contribution in [3.05, 3.63) is 175 Å². The number of benzene rings is 5. The Hall–Kier alpha value is -8.03. The van der Waals surface area contributed by atoms with Crippen LogP contribution in [0.5, 0.6) is 0 Å². The number of halogens is 2. The van der Waals surface area contributed by atoms with E-state index in [2.05, 4.69) is 4.84 Å². The lowest BCUT2D eigenvalue weighted by molar-refractivity contribution is -0.388. The fraction of sp³-hybridized carbons (Fsp3) is 0.424. The van der Waals surface area contributed by atoms with Gasteiger partial charge in [0, 0.05) is 48.5 Å². The molecule has 0 bridgehead atoms. The van der Waals surface area contributed by atoms with Gasteiger partial charge in [0.05, 0.1) is 53.8 Å². The Morgan fingerprint density at radius 2 is 0.958 bits per heavy atom. The molecule has 0 saturated carbocycles. The molecule has 4 atom stereocenters. The maximum atomic E-state index is 13.2. The van der Waals surface area contributed by atoms with E-state index in [1.54, 1.807) is 79.7 Å². The summed E-state index contributed by atoms with van der Waals surface area (Å²) in [7, 11) is -6.14. The number of carbonyl (C=O) groups excluding carboxylic acids is 4. The van der Waals surface area contributed by atoms with Crippen LogP contribution in [0.3, 0.4) is 0 Å². The highest BCUT2D eigenvalue weighted by atomic mass is 35.7. The van der Waals surface area contributed by atoms with Crippen molar-refractivity contribution in [3.8, 4) is 0 Å². The number of piperidine rings is 2. The number of para-hydroxylation sites is 3. The zero-order valence-corrected chi connectivity index (χ0v) is 57.3. The number of nitrogens with zero attached hydrogens (tertiary/aromatic N) is 6. The van der Waals surface area contributed by atoms with Gasteiger partial charge in [0.1, 0.15) is 23.3 Å². The van der Waals surface area contributed by atoms with Gasteiger partial charge in [-0.3, -0.25) is 49.8 Å². The van der Waals surface area contributed by atoms with E-state index in [-0.39, 0.29) is 58.2 Å². The maximum Gasteiger partial charge on any atom is 0.411 e. The molecule has 0 radical (unpaired) electrons. The summed E-state index contributed by atoms with van der Waals surface area (Å²) in [6.45, 7) is 14.5. The third-order valence-corrected chi connectivity index (χ3v) is 17.3. The summed E-state index contributed by atoms with van der Waals surface area (Å²) in [5.41, 5.74) is -1.16. The number of nitrogens with two attached hydrogens (primary N) is 1. The summed E-state index contributed by atoms with van der Waals surface area (Å²) in [5.74, 6) is 3.82. The average molecular weight is 1430 g/mol. The van der Waals surface area contributed by atoms with Gasteiger partial charge in [-0.15, -0.1) is 12.4 Å². The average Bonchev–Trinajstić information content (AvgIpc) is 0.784. The van der Waals surface area contributed by atoms with E-state index in [4.69, 9.17) is 40.4 Å². The maximum absolute atomic E-state index is 13.2. The monoisotopic (exact) mass is 1430 g/mol. The normalized spacial score (nSPS) is 16.3. The molecule has 31 nitrogen and oxygen atoms in total. The number of aliphatic hydroxyl groups excluding tert-OH is 1. The summed E-state index contributed by atoms with van der Waals surface area (Å²) < 4.78 is 93.7. The molecule has 4 N–H and O–H groups in total. The van der Waals surface area contributed by atoms with Gasteiger partial charge in [0.15, 0.2) is 14.7 Å². The standard InChI is InChI=1S/C20H29N3O8S.C13H12N2O5S.C13H23NO5.C7H9NO.C6H4ClNO4S.ClH/c1-6-30-18(24)16-12-11-14(13-22(16)19(25)31-20(2,3)4)21(5)32(28,29)17-10-8-7-9-15(17)23(26)27;16-15(17)12-8-4-5-9-13(12)21(18,19)14-20-10-11-6-2-1-3-7-11;1-5-18-11(16)10-7-6-9(15)8-14(10)12(17)19-13(2,3)4;8-9-6-7-4-2-1-3-5-7;7-13(11,12)6-4-2-1-3-5(6)8(9)10;/h7-10,14,16H,6,11-13H2,1-5H3;1-9,14H,10H2;9-10,15H,5-8H2,1-4H3;1-5H,6,8H2;1-4H;1H/t14-,16+;;9-,10-;;;/m1.0.../s1. The molecule has 0 unspecified atom stereocenters. The predicted octanol–water partition coefficient (Wildman–Crippen LogP) is 8.88. The van der Waals surface area contributed by atoms with Crippen LogP contribution in [0.4, 0.5) is 26.7 Å². The Morgan fingerprint density at radius 3 is 1.36 bits per heavy atom. The third-order valence-electron chi connectivity index (χ3n) is 12.7. The smallest absolute Gasteiger partial charge is 0.411 e. The molecule has 95 heavy (non-hydrogen) atoms. The first-order valence-corrected chi connectivity index (χ1v) is 33.8. The van der Waals surface area contributed by atoms with E-state index in [0.717, 1.165) is 45.8 Å². The minimum absolute atomic E-state index is 0. The summed E-state index contributed by atoms with van der Waals surface area (Å²) in [4.78, 5) is 91.6. The van der Waals surface area contributed by atoms with Crippen molar-refractivity contribution in [1.82, 2.24) is 19.0 Å². The number of likely N-dealkylation sites (N-methyl/N-ethyl adjacent to an activating group) is 1. The first-order valence-electron chi connectivity index (χ1n) is 28.6. The second kappa shape index (κ2) is 38.5. The van der Waals surface area contributed by atoms with E-state index < -0.39 is 135 Å². The highest BCUT2D eigenvalue weighted by Gasteiger charge is 2.44. The van der Waals surface area contributed by atoms with Crippen LogP contribution in [0.2, 0.25) is 0 Å². The summed E-state index contributed by atoms with van der Waals surface area (Å²) in [6.07, 6.45) is -0.722. The number of rotatable bonds is 18. The number of hydrogen-bond acceptors (Lipinski definition) is 24. The van der Waals surface area contributed by atoms with Gasteiger partial charge in [0.2, 0.25) is 10.0 Å². The topological polar surface area (TPSA) is 423 Å². The highest BCUT2D eigenvalue weighted by molar-refractivity contribution is 8.13. The number of nitro benzene ring substituents is 3. The number of nitro groups is 3. The largest absolute Gasteiger partial charge is 0.464 e. The molecule has 7 rings (SSSR count). The first-order chi connectivity index (χ1) is 43.9. The van der Waals surface area contributed by atoms with E-state index in [1.165, 1.54) is 59.3 Å². The zero-order valence-electron chi connectivity index (χ0n) is 53.3. The minimum atomic E-state index is -4.25. The van der Waals surface area contributed by atoms with Crippen LogP contribution in [0.15, 0.2) is 148 Å². The molecule has 0 aromatic heterocycles. The van der Waals surface area contributed by atoms with E-state index in [1.807, 2.05) is 41.3 Å². The zero-order chi connectivity index (χ0) is 70.8. The van der Waals surface area contributed by atoms with Crippen molar-refractivity contribution in [1.29, 1.82) is 0 Å². The molecule has 5 aromatic rings. The van der Waals surface area contributed by atoms with Gasteiger partial charge in [-0.2, -0.15) is 4.31 Å². The van der Waals surface area contributed by atoms with Crippen LogP contribution in [0.1, 0.15) is 92.2 Å². The van der Waals surface area contributed by atoms with Crippen LogP contribution in [0, 0.1) is 30.3 Å². The number of β-amino-alcohol motifs (C(OH)–C–C–N with tert-alkyl or cyclic N) is 1. The molecule has 36 heteroatoms. The summed E-state index contributed by atoms with van der Waals surface area (Å²) in [5, 5.41) is 42.2. The third kappa shape index (κ3) is 27.3. The summed E-state index contributed by atoms with van der Waals surface area (Å²) >= 11 is 0. The molecule has 2 heterocycles. The lowest BCUT2D eigenvalue weighted by Gasteiger charge is -2.41. The Labute approximate surface area is 561 Å². The molecule has 2 amide bonds. The first kappa shape index (κ1) is 83.1. The molecule has 2 saturated heterocycles. The van der Waals surface area contributed by atoms with Gasteiger partial charge in [0.25, 0.3) is 36.1 Å². The number of aliphatic hydroxyl groups is 1. The van der Waals surface area contributed by atoms with Crippen LogP contribution in [-0.4, -0.2) is 152 Å². The molecule has 2 aliphatic heterocycles. The Morgan fingerprint density at radius 1 is 0.589 bits per heavy atom. The summed E-state index contributed by atoms with van der Waals surface area (Å²) in [6, 6.07) is 31.4. The van der Waals surface area contributed by atoms with Gasteiger partial charge in [-0.1, -0.05) is 102 Å². The van der Waals surface area contributed by atoms with E-state index in [0.29, 0.717) is 19.4 Å². The van der Waals surface area contributed by atoms with Crippen molar-refractivity contribution in [2.45, 2.75) is 144 Å². The number of hydrogen-bond donors (Lipinski definition) is 3. The quantitative estimate of drug-likeness (QED) is 0.0242. The van der Waals surface area contributed by atoms with Crippen LogP contribution >= 0.6 is 23.1 Å². The van der Waals surface area contributed by atoms with E-state index >= 15 is 0 Å². The predicted molar refractivity (Wildman–Crippen MR) is 346 cm³/mol. The Balaban J connectivity index is 0.000000427. The number of nitrogens with one attached hydrogen (secondary N) is 1. The van der Waals surface area contributed by atoms with Gasteiger partial charge >= 0.3 is 24.1 Å². The van der Waals surface area contributed by atoms with Crippen molar-refractivity contribution < 1.29 is 92.9 Å². The number of esters is 2. The number of ether oxygens (including phenoxy) is 4. The fourth-order valence-corrected chi connectivity index (χ4v) is 12.1. The molecule has 0 spiro atoms. The number of likely N-dealkylation sites (tertiary alicyclic amines) is 2. The fourth-order valence-electron chi connectivity index (χ4n) is 8.52. The van der Waals surface area contributed by atoms with Gasteiger partial charge < -0.3 is 24.1 Å². The van der Waals surface area contributed by atoms with Crippen molar-refractivity contribution in [2.75, 3.05) is 33.4 Å². The second-order valence-corrected chi connectivity index (χ2v) is 28.2. The molecule has 2 fully saturated rings. The van der Waals surface area contributed by atoms with Crippen LogP contribution < -0.4 is 10.8 Å². The molecule has 2 aliphatic rings. The van der Waals surface area contributed by atoms with Crippen LogP contribution in [-0.2, 0) is 80.5 Å². The van der Waals surface area contributed by atoms with Crippen LogP contribution in [0.25, 0.3) is 0 Å². The lowest BCUT2D eigenvalue weighted by atomic mass is 9.98. The molecule has 0 aliphatic carbocycles.